The molecule has 0 spiro atoms. The van der Waals surface area contributed by atoms with E-state index in [1.165, 1.54) is 16.0 Å². The van der Waals surface area contributed by atoms with Gasteiger partial charge in [0.15, 0.2) is 5.96 Å². The topological polar surface area (TPSA) is 49.3 Å². The Bertz CT molecular complexity index is 688. The van der Waals surface area contributed by atoms with Crippen LogP contribution in [0.3, 0.4) is 0 Å². The third-order valence-corrected chi connectivity index (χ3v) is 5.22. The molecule has 0 saturated heterocycles. The number of aliphatic imine (C=N–C) groups is 1. The van der Waals surface area contributed by atoms with Crippen molar-refractivity contribution in [3.63, 3.8) is 0 Å². The minimum Gasteiger partial charge on any atom is -0.356 e. The summed E-state index contributed by atoms with van der Waals surface area (Å²) in [5.41, 5.74) is 2.65. The van der Waals surface area contributed by atoms with Gasteiger partial charge in [0.05, 0.1) is 6.54 Å². The molecule has 2 aromatic rings. The lowest BCUT2D eigenvalue weighted by Gasteiger charge is -2.27. The molecule has 0 aliphatic rings. The molecule has 0 bridgehead atoms. The summed E-state index contributed by atoms with van der Waals surface area (Å²) in [6.45, 7) is 10.3. The molecule has 0 unspecified atom stereocenters. The molecule has 0 fully saturated rings. The zero-order chi connectivity index (χ0) is 17.6. The highest BCUT2D eigenvalue weighted by Crippen LogP contribution is 2.23. The van der Waals surface area contributed by atoms with Gasteiger partial charge in [-0.1, -0.05) is 50.6 Å². The lowest BCUT2D eigenvalue weighted by atomic mass is 9.84. The van der Waals surface area contributed by atoms with Crippen molar-refractivity contribution in [1.29, 1.82) is 0 Å². The molecule has 4 nitrogen and oxygen atoms in total. The molecular formula is C19H28N4S. The molecule has 0 amide bonds. The number of nitrogens with one attached hydrogen (secondary N) is 2. The van der Waals surface area contributed by atoms with Gasteiger partial charge in [-0.15, -0.1) is 11.3 Å². The third-order valence-electron chi connectivity index (χ3n) is 4.08. The average molecular weight is 345 g/mol. The van der Waals surface area contributed by atoms with Gasteiger partial charge in [-0.3, -0.25) is 4.99 Å². The smallest absolute Gasteiger partial charge is 0.191 e. The zero-order valence-corrected chi connectivity index (χ0v) is 16.1. The van der Waals surface area contributed by atoms with E-state index < -0.39 is 0 Å². The van der Waals surface area contributed by atoms with Crippen LogP contribution in [-0.2, 0) is 18.4 Å². The van der Waals surface area contributed by atoms with Crippen LogP contribution in [0.15, 0.2) is 35.5 Å². The number of hydrogen-bond acceptors (Lipinski definition) is 3. The summed E-state index contributed by atoms with van der Waals surface area (Å²) < 4.78 is 0. The van der Waals surface area contributed by atoms with E-state index in [1.54, 1.807) is 18.4 Å². The standard InChI is InChI=1S/C19H28N4S/c1-6-16-11-21-17(24-16)12-22-18(20-5)23-13-19(3,4)15-9-7-8-14(2)10-15/h7-11H,6,12-13H2,1-5H3,(H2,20,22,23). The Hall–Kier alpha value is -1.88. The maximum Gasteiger partial charge on any atom is 0.191 e. The van der Waals surface area contributed by atoms with Crippen LogP contribution in [0, 0.1) is 6.92 Å². The molecule has 2 rings (SSSR count). The molecule has 0 aliphatic carbocycles. The van der Waals surface area contributed by atoms with Crippen LogP contribution in [0.25, 0.3) is 0 Å². The summed E-state index contributed by atoms with van der Waals surface area (Å²) in [5.74, 6) is 0.809. The molecule has 1 heterocycles. The van der Waals surface area contributed by atoms with Crippen molar-refractivity contribution in [2.24, 2.45) is 4.99 Å². The van der Waals surface area contributed by atoms with Gasteiger partial charge >= 0.3 is 0 Å². The Morgan fingerprint density at radius 3 is 2.71 bits per heavy atom. The number of aromatic nitrogens is 1. The van der Waals surface area contributed by atoms with Gasteiger partial charge in [-0.25, -0.2) is 4.98 Å². The van der Waals surface area contributed by atoms with Crippen molar-refractivity contribution in [3.05, 3.63) is 51.5 Å². The molecule has 24 heavy (non-hydrogen) atoms. The summed E-state index contributed by atoms with van der Waals surface area (Å²) in [6, 6.07) is 8.69. The van der Waals surface area contributed by atoms with Gasteiger partial charge in [-0.2, -0.15) is 0 Å². The van der Waals surface area contributed by atoms with E-state index in [2.05, 4.69) is 72.6 Å². The summed E-state index contributed by atoms with van der Waals surface area (Å²) in [6.07, 6.45) is 2.99. The van der Waals surface area contributed by atoms with E-state index in [1.807, 2.05) is 6.20 Å². The number of thiazole rings is 1. The minimum atomic E-state index is 0.0280. The number of guanidine groups is 1. The maximum atomic E-state index is 4.43. The SMILES string of the molecule is CCc1cnc(CNC(=NC)NCC(C)(C)c2cccc(C)c2)s1. The first-order chi connectivity index (χ1) is 11.4. The van der Waals surface area contributed by atoms with Crippen LogP contribution < -0.4 is 10.6 Å². The van der Waals surface area contributed by atoms with Crippen molar-refractivity contribution < 1.29 is 0 Å². The molecule has 5 heteroatoms. The third kappa shape index (κ3) is 5.06. The largest absolute Gasteiger partial charge is 0.356 e. The maximum absolute atomic E-state index is 4.43. The van der Waals surface area contributed by atoms with Crippen LogP contribution in [0.4, 0.5) is 0 Å². The van der Waals surface area contributed by atoms with Gasteiger partial charge in [0.25, 0.3) is 0 Å². The normalized spacial score (nSPS) is 12.3. The fourth-order valence-corrected chi connectivity index (χ4v) is 3.25. The average Bonchev–Trinajstić information content (AvgIpc) is 3.03. The molecule has 2 N–H and O–H groups in total. The van der Waals surface area contributed by atoms with E-state index in [0.29, 0.717) is 6.54 Å². The van der Waals surface area contributed by atoms with Crippen molar-refractivity contribution in [1.82, 2.24) is 15.6 Å². The fraction of sp³-hybridized carbons (Fsp3) is 0.474. The number of aryl methyl sites for hydroxylation is 2. The van der Waals surface area contributed by atoms with E-state index in [-0.39, 0.29) is 5.41 Å². The van der Waals surface area contributed by atoms with Gasteiger partial charge < -0.3 is 10.6 Å². The van der Waals surface area contributed by atoms with Crippen molar-refractivity contribution >= 4 is 17.3 Å². The van der Waals surface area contributed by atoms with Crippen LogP contribution in [-0.4, -0.2) is 24.5 Å². The fourth-order valence-electron chi connectivity index (χ4n) is 2.45. The molecular weight excluding hydrogens is 316 g/mol. The molecule has 0 atom stereocenters. The Kier molecular flexibility index (Phi) is 6.37. The first-order valence-electron chi connectivity index (χ1n) is 8.40. The van der Waals surface area contributed by atoms with Gasteiger partial charge in [0, 0.05) is 30.1 Å². The Morgan fingerprint density at radius 1 is 1.29 bits per heavy atom. The molecule has 0 aliphatic heterocycles. The zero-order valence-electron chi connectivity index (χ0n) is 15.3. The second kappa shape index (κ2) is 8.29. The molecule has 130 valence electrons. The Balaban J connectivity index is 1.90. The number of hydrogen-bond donors (Lipinski definition) is 2. The Labute approximate surface area is 149 Å². The van der Waals surface area contributed by atoms with E-state index in [4.69, 9.17) is 0 Å². The number of benzene rings is 1. The summed E-state index contributed by atoms with van der Waals surface area (Å²) in [7, 11) is 1.80. The number of rotatable bonds is 6. The van der Waals surface area contributed by atoms with Crippen LogP contribution in [0.1, 0.15) is 41.8 Å². The molecule has 0 radical (unpaired) electrons. The second-order valence-electron chi connectivity index (χ2n) is 6.61. The summed E-state index contributed by atoms with van der Waals surface area (Å²) >= 11 is 1.75. The number of nitrogens with zero attached hydrogens (tertiary/aromatic N) is 2. The molecule has 1 aromatic heterocycles. The lowest BCUT2D eigenvalue weighted by molar-refractivity contribution is 0.508. The highest BCUT2D eigenvalue weighted by Gasteiger charge is 2.21. The summed E-state index contributed by atoms with van der Waals surface area (Å²) in [4.78, 5) is 10.1. The van der Waals surface area contributed by atoms with E-state index in [0.717, 1.165) is 23.9 Å². The van der Waals surface area contributed by atoms with Crippen LogP contribution >= 0.6 is 11.3 Å². The predicted molar refractivity (Wildman–Crippen MR) is 104 cm³/mol. The monoisotopic (exact) mass is 344 g/mol. The van der Waals surface area contributed by atoms with Crippen LogP contribution in [0.5, 0.6) is 0 Å². The minimum absolute atomic E-state index is 0.0280. The highest BCUT2D eigenvalue weighted by atomic mass is 32.1. The van der Waals surface area contributed by atoms with E-state index in [9.17, 15) is 0 Å². The quantitative estimate of drug-likeness (QED) is 0.621. The van der Waals surface area contributed by atoms with Crippen LogP contribution in [0.2, 0.25) is 0 Å². The lowest BCUT2D eigenvalue weighted by Crippen LogP contribution is -2.43. The first kappa shape index (κ1) is 18.5. The molecule has 1 aromatic carbocycles. The van der Waals surface area contributed by atoms with Gasteiger partial charge in [0.2, 0.25) is 0 Å². The highest BCUT2D eigenvalue weighted by molar-refractivity contribution is 7.11. The van der Waals surface area contributed by atoms with Gasteiger partial charge in [0.1, 0.15) is 5.01 Å². The van der Waals surface area contributed by atoms with Gasteiger partial charge in [-0.05, 0) is 18.9 Å². The van der Waals surface area contributed by atoms with Crippen molar-refractivity contribution in [2.75, 3.05) is 13.6 Å². The van der Waals surface area contributed by atoms with Crippen molar-refractivity contribution in [3.8, 4) is 0 Å². The molecule has 0 saturated carbocycles. The second-order valence-corrected chi connectivity index (χ2v) is 7.81. The Morgan fingerprint density at radius 2 is 2.08 bits per heavy atom. The van der Waals surface area contributed by atoms with Crippen molar-refractivity contribution in [2.45, 2.75) is 46.1 Å². The summed E-state index contributed by atoms with van der Waals surface area (Å²) in [5, 5.41) is 7.87. The van der Waals surface area contributed by atoms with E-state index >= 15 is 0 Å². The first-order valence-corrected chi connectivity index (χ1v) is 9.21. The predicted octanol–water partition coefficient (Wildman–Crippen LogP) is 3.66.